The number of benzene rings is 2. The zero-order valence-corrected chi connectivity index (χ0v) is 18.4. The van der Waals surface area contributed by atoms with Crippen LogP contribution in [0.4, 0.5) is 5.95 Å². The van der Waals surface area contributed by atoms with E-state index in [0.29, 0.717) is 28.5 Å². The molecule has 0 spiro atoms. The SMILES string of the molecule is Clc1cccc(CNc2ncc3nc(-c4ccccc4Cl)n(C[C@@H]4CCNC4)c3n2)c1. The lowest BCUT2D eigenvalue weighted by atomic mass is 10.1. The van der Waals surface area contributed by atoms with Gasteiger partial charge in [-0.3, -0.25) is 0 Å². The molecule has 1 saturated heterocycles. The largest absolute Gasteiger partial charge is 0.350 e. The van der Waals surface area contributed by atoms with Crippen molar-refractivity contribution < 1.29 is 0 Å². The highest BCUT2D eigenvalue weighted by Gasteiger charge is 2.22. The van der Waals surface area contributed by atoms with Crippen LogP contribution >= 0.6 is 23.2 Å². The summed E-state index contributed by atoms with van der Waals surface area (Å²) in [6.07, 6.45) is 2.90. The fourth-order valence-electron chi connectivity index (χ4n) is 3.98. The van der Waals surface area contributed by atoms with Crippen LogP contribution in [0.2, 0.25) is 10.0 Å². The molecule has 1 aliphatic rings. The molecule has 2 aromatic carbocycles. The number of nitrogens with one attached hydrogen (secondary N) is 2. The first-order valence-electron chi connectivity index (χ1n) is 10.3. The molecule has 0 saturated carbocycles. The Labute approximate surface area is 190 Å². The van der Waals surface area contributed by atoms with E-state index >= 15 is 0 Å². The van der Waals surface area contributed by atoms with E-state index in [1.165, 1.54) is 0 Å². The number of aromatic nitrogens is 4. The molecule has 0 radical (unpaired) electrons. The first kappa shape index (κ1) is 20.2. The van der Waals surface area contributed by atoms with Crippen LogP contribution in [0.3, 0.4) is 0 Å². The van der Waals surface area contributed by atoms with Crippen LogP contribution in [0.5, 0.6) is 0 Å². The number of hydrogen-bond acceptors (Lipinski definition) is 5. The lowest BCUT2D eigenvalue weighted by molar-refractivity contribution is 0.490. The van der Waals surface area contributed by atoms with Crippen molar-refractivity contribution in [3.63, 3.8) is 0 Å². The maximum Gasteiger partial charge on any atom is 0.225 e. The zero-order chi connectivity index (χ0) is 21.2. The van der Waals surface area contributed by atoms with E-state index in [4.69, 9.17) is 33.2 Å². The van der Waals surface area contributed by atoms with Gasteiger partial charge in [-0.15, -0.1) is 0 Å². The normalized spacial score (nSPS) is 16.1. The minimum atomic E-state index is 0.525. The number of imidazole rings is 1. The minimum Gasteiger partial charge on any atom is -0.350 e. The van der Waals surface area contributed by atoms with Crippen LogP contribution in [-0.2, 0) is 13.1 Å². The molecule has 2 aromatic heterocycles. The van der Waals surface area contributed by atoms with Crippen molar-refractivity contribution in [1.82, 2.24) is 24.8 Å². The monoisotopic (exact) mass is 452 g/mol. The molecule has 1 aliphatic heterocycles. The van der Waals surface area contributed by atoms with Gasteiger partial charge in [-0.25, -0.2) is 9.97 Å². The Morgan fingerprint density at radius 1 is 1.10 bits per heavy atom. The van der Waals surface area contributed by atoms with Gasteiger partial charge < -0.3 is 15.2 Å². The molecule has 1 atom stereocenters. The average molecular weight is 453 g/mol. The van der Waals surface area contributed by atoms with Crippen LogP contribution in [-0.4, -0.2) is 32.6 Å². The van der Waals surface area contributed by atoms with E-state index in [1.807, 2.05) is 48.5 Å². The predicted molar refractivity (Wildman–Crippen MR) is 126 cm³/mol. The van der Waals surface area contributed by atoms with Gasteiger partial charge >= 0.3 is 0 Å². The van der Waals surface area contributed by atoms with Crippen molar-refractivity contribution in [2.24, 2.45) is 5.92 Å². The molecule has 0 unspecified atom stereocenters. The second kappa shape index (κ2) is 8.83. The van der Waals surface area contributed by atoms with E-state index in [2.05, 4.69) is 20.2 Å². The van der Waals surface area contributed by atoms with E-state index in [-0.39, 0.29) is 0 Å². The second-order valence-electron chi connectivity index (χ2n) is 7.77. The third kappa shape index (κ3) is 4.37. The van der Waals surface area contributed by atoms with Gasteiger partial charge in [-0.2, -0.15) is 4.98 Å². The van der Waals surface area contributed by atoms with Gasteiger partial charge in [0.2, 0.25) is 5.95 Å². The molecular formula is C23H22Cl2N6. The summed E-state index contributed by atoms with van der Waals surface area (Å²) in [6, 6.07) is 15.5. The first-order chi connectivity index (χ1) is 15.2. The van der Waals surface area contributed by atoms with Gasteiger partial charge in [0.15, 0.2) is 5.65 Å². The Hall–Kier alpha value is -2.67. The molecule has 158 valence electrons. The molecule has 8 heteroatoms. The van der Waals surface area contributed by atoms with Crippen molar-refractivity contribution >= 4 is 40.3 Å². The van der Waals surface area contributed by atoms with Crippen LogP contribution < -0.4 is 10.6 Å². The fraction of sp³-hybridized carbons (Fsp3) is 0.261. The number of fused-ring (bicyclic) bond motifs is 1. The molecule has 0 aliphatic carbocycles. The Balaban J connectivity index is 1.52. The highest BCUT2D eigenvalue weighted by Crippen LogP contribution is 2.31. The molecular weight excluding hydrogens is 431 g/mol. The maximum atomic E-state index is 6.51. The predicted octanol–water partition coefficient (Wildman–Crippen LogP) is 5.02. The highest BCUT2D eigenvalue weighted by molar-refractivity contribution is 6.33. The summed E-state index contributed by atoms with van der Waals surface area (Å²) in [5, 5.41) is 8.13. The van der Waals surface area contributed by atoms with Gasteiger partial charge in [-0.05, 0) is 55.3 Å². The van der Waals surface area contributed by atoms with Gasteiger partial charge in [0, 0.05) is 23.7 Å². The maximum absolute atomic E-state index is 6.51. The summed E-state index contributed by atoms with van der Waals surface area (Å²) in [5.41, 5.74) is 3.54. The summed E-state index contributed by atoms with van der Waals surface area (Å²) < 4.78 is 2.18. The number of halogens is 2. The number of hydrogen-bond donors (Lipinski definition) is 2. The summed E-state index contributed by atoms with van der Waals surface area (Å²) in [5.74, 6) is 1.91. The summed E-state index contributed by atoms with van der Waals surface area (Å²) in [6.45, 7) is 3.45. The van der Waals surface area contributed by atoms with Crippen LogP contribution in [0.1, 0.15) is 12.0 Å². The number of anilines is 1. The number of nitrogens with zero attached hydrogens (tertiary/aromatic N) is 4. The van der Waals surface area contributed by atoms with Crippen LogP contribution in [0.15, 0.2) is 54.7 Å². The van der Waals surface area contributed by atoms with Gasteiger partial charge in [0.1, 0.15) is 11.3 Å². The molecule has 31 heavy (non-hydrogen) atoms. The van der Waals surface area contributed by atoms with Crippen molar-refractivity contribution in [3.8, 4) is 11.4 Å². The molecule has 2 N–H and O–H groups in total. The Bertz CT molecular complexity index is 1220. The Morgan fingerprint density at radius 2 is 2.00 bits per heavy atom. The van der Waals surface area contributed by atoms with Crippen molar-refractivity contribution in [1.29, 1.82) is 0 Å². The Morgan fingerprint density at radius 3 is 2.81 bits per heavy atom. The van der Waals surface area contributed by atoms with E-state index < -0.39 is 0 Å². The first-order valence-corrected chi connectivity index (χ1v) is 11.1. The Kier molecular flexibility index (Phi) is 5.76. The van der Waals surface area contributed by atoms with Crippen LogP contribution in [0, 0.1) is 5.92 Å². The third-order valence-electron chi connectivity index (χ3n) is 5.55. The second-order valence-corrected chi connectivity index (χ2v) is 8.61. The summed E-state index contributed by atoms with van der Waals surface area (Å²) in [7, 11) is 0. The quantitative estimate of drug-likeness (QED) is 0.429. The fourth-order valence-corrected chi connectivity index (χ4v) is 4.41. The molecule has 3 heterocycles. The highest BCUT2D eigenvalue weighted by atomic mass is 35.5. The zero-order valence-electron chi connectivity index (χ0n) is 16.9. The van der Waals surface area contributed by atoms with Crippen molar-refractivity contribution in [2.75, 3.05) is 18.4 Å². The molecule has 4 aromatic rings. The van der Waals surface area contributed by atoms with Crippen molar-refractivity contribution in [2.45, 2.75) is 19.5 Å². The van der Waals surface area contributed by atoms with E-state index in [0.717, 1.165) is 54.2 Å². The lowest BCUT2D eigenvalue weighted by Crippen LogP contribution is -2.16. The third-order valence-corrected chi connectivity index (χ3v) is 6.11. The average Bonchev–Trinajstić information content (AvgIpc) is 3.41. The van der Waals surface area contributed by atoms with Gasteiger partial charge in [0.05, 0.1) is 11.2 Å². The van der Waals surface area contributed by atoms with Crippen molar-refractivity contribution in [3.05, 3.63) is 70.3 Å². The van der Waals surface area contributed by atoms with Gasteiger partial charge in [0.25, 0.3) is 0 Å². The summed E-state index contributed by atoms with van der Waals surface area (Å²) >= 11 is 12.6. The molecule has 0 bridgehead atoms. The lowest BCUT2D eigenvalue weighted by Gasteiger charge is -2.14. The molecule has 6 nitrogen and oxygen atoms in total. The van der Waals surface area contributed by atoms with Gasteiger partial charge in [-0.1, -0.05) is 47.5 Å². The van der Waals surface area contributed by atoms with Crippen LogP contribution in [0.25, 0.3) is 22.6 Å². The molecule has 0 amide bonds. The topological polar surface area (TPSA) is 67.7 Å². The molecule has 5 rings (SSSR count). The van der Waals surface area contributed by atoms with E-state index in [9.17, 15) is 0 Å². The minimum absolute atomic E-state index is 0.525. The molecule has 1 fully saturated rings. The number of rotatable bonds is 6. The summed E-state index contributed by atoms with van der Waals surface area (Å²) in [4.78, 5) is 14.1. The standard InChI is InChI=1S/C23H22Cl2N6/c24-17-5-3-4-15(10-17)12-27-23-28-13-20-22(30-23)31(14-16-8-9-26-11-16)21(29-20)18-6-1-2-7-19(18)25/h1-7,10,13,16,26H,8-9,11-12,14H2,(H,27,28,30)/t16-/m1/s1. The van der Waals surface area contributed by atoms with E-state index in [1.54, 1.807) is 6.20 Å². The smallest absolute Gasteiger partial charge is 0.225 e.